The van der Waals surface area contributed by atoms with Crippen molar-refractivity contribution in [1.29, 1.82) is 0 Å². The van der Waals surface area contributed by atoms with Crippen LogP contribution in [-0.4, -0.2) is 40.7 Å². The highest BCUT2D eigenvalue weighted by Crippen LogP contribution is 2.12. The Morgan fingerprint density at radius 1 is 1.29 bits per heavy atom. The number of amides is 1. The molecule has 4 N–H and O–H groups in total. The van der Waals surface area contributed by atoms with E-state index in [2.05, 4.69) is 10.6 Å². The first-order valence-corrected chi connectivity index (χ1v) is 7.11. The fourth-order valence-electron chi connectivity index (χ4n) is 2.42. The molecule has 21 heavy (non-hydrogen) atoms. The zero-order valence-corrected chi connectivity index (χ0v) is 11.7. The lowest BCUT2D eigenvalue weighted by atomic mass is 10.0. The topological polar surface area (TPSA) is 98.7 Å². The number of aromatic hydroxyl groups is 1. The lowest BCUT2D eigenvalue weighted by Gasteiger charge is -2.24. The minimum Gasteiger partial charge on any atom is -0.508 e. The maximum atomic E-state index is 12.1. The largest absolute Gasteiger partial charge is 0.508 e. The Morgan fingerprint density at radius 3 is 2.57 bits per heavy atom. The number of carbonyl (C=O) groups excluding carboxylic acids is 1. The van der Waals surface area contributed by atoms with Crippen LogP contribution < -0.4 is 10.6 Å². The van der Waals surface area contributed by atoms with Crippen molar-refractivity contribution in [1.82, 2.24) is 10.6 Å². The summed E-state index contributed by atoms with van der Waals surface area (Å²) in [5.41, 5.74) is 0.747. The van der Waals surface area contributed by atoms with Gasteiger partial charge in [-0.05, 0) is 37.1 Å². The highest BCUT2D eigenvalue weighted by molar-refractivity contribution is 5.87. The number of piperidine rings is 1. The molecular weight excluding hydrogens is 272 g/mol. The van der Waals surface area contributed by atoms with E-state index in [1.165, 1.54) is 12.1 Å². The first-order valence-electron chi connectivity index (χ1n) is 7.11. The van der Waals surface area contributed by atoms with Crippen LogP contribution in [0.15, 0.2) is 24.3 Å². The van der Waals surface area contributed by atoms with Gasteiger partial charge < -0.3 is 20.8 Å². The van der Waals surface area contributed by atoms with Crippen molar-refractivity contribution in [2.75, 3.05) is 6.54 Å². The predicted molar refractivity (Wildman–Crippen MR) is 77.0 cm³/mol. The van der Waals surface area contributed by atoms with Crippen molar-refractivity contribution in [3.8, 4) is 5.75 Å². The summed E-state index contributed by atoms with van der Waals surface area (Å²) in [7, 11) is 0. The second-order valence-electron chi connectivity index (χ2n) is 5.27. The van der Waals surface area contributed by atoms with Crippen LogP contribution in [0.4, 0.5) is 0 Å². The molecule has 6 heteroatoms. The number of phenolic OH excluding ortho intramolecular Hbond substituents is 1. The van der Waals surface area contributed by atoms with Crippen molar-refractivity contribution in [2.24, 2.45) is 0 Å². The van der Waals surface area contributed by atoms with E-state index in [0.29, 0.717) is 0 Å². The van der Waals surface area contributed by atoms with Crippen LogP contribution in [0.25, 0.3) is 0 Å². The molecule has 114 valence electrons. The minimum atomic E-state index is -1.06. The van der Waals surface area contributed by atoms with Crippen LogP contribution in [0.1, 0.15) is 24.8 Å². The monoisotopic (exact) mass is 292 g/mol. The first kappa shape index (κ1) is 15.3. The van der Waals surface area contributed by atoms with Gasteiger partial charge in [0, 0.05) is 6.42 Å². The summed E-state index contributed by atoms with van der Waals surface area (Å²) in [6, 6.07) is 5.02. The van der Waals surface area contributed by atoms with Crippen LogP contribution in [0, 0.1) is 0 Å². The fraction of sp³-hybridized carbons (Fsp3) is 0.467. The molecule has 6 nitrogen and oxygen atoms in total. The van der Waals surface area contributed by atoms with Crippen LogP contribution in [-0.2, 0) is 16.0 Å². The summed E-state index contributed by atoms with van der Waals surface area (Å²) < 4.78 is 0. The fourth-order valence-corrected chi connectivity index (χ4v) is 2.42. The maximum Gasteiger partial charge on any atom is 0.326 e. The van der Waals surface area contributed by atoms with Crippen molar-refractivity contribution in [2.45, 2.75) is 37.8 Å². The lowest BCUT2D eigenvalue weighted by molar-refractivity contribution is -0.142. The standard InChI is InChI=1S/C15H20N2O4/c18-11-6-4-10(5-7-11)9-13(15(20)21)17-14(19)12-3-1-2-8-16-12/h4-7,12-13,16,18H,1-3,8-9H2,(H,17,19)(H,20,21)/t12?,13-/m1/s1. The molecule has 1 aliphatic heterocycles. The van der Waals surface area contributed by atoms with Crippen LogP contribution in [0.5, 0.6) is 5.75 Å². The van der Waals surface area contributed by atoms with Gasteiger partial charge in [0.15, 0.2) is 0 Å². The Balaban J connectivity index is 1.96. The van der Waals surface area contributed by atoms with Gasteiger partial charge in [0.1, 0.15) is 11.8 Å². The molecule has 0 aromatic heterocycles. The molecule has 1 aliphatic rings. The number of rotatable bonds is 5. The van der Waals surface area contributed by atoms with E-state index in [9.17, 15) is 19.8 Å². The molecule has 1 unspecified atom stereocenters. The van der Waals surface area contributed by atoms with Gasteiger partial charge in [-0.25, -0.2) is 4.79 Å². The normalized spacial score (nSPS) is 19.7. The van der Waals surface area contributed by atoms with Crippen LogP contribution in [0.3, 0.4) is 0 Å². The number of phenols is 1. The van der Waals surface area contributed by atoms with Crippen LogP contribution >= 0.6 is 0 Å². The summed E-state index contributed by atoms with van der Waals surface area (Å²) in [5.74, 6) is -1.20. The molecule has 1 heterocycles. The zero-order chi connectivity index (χ0) is 15.2. The molecule has 0 bridgehead atoms. The molecule has 0 saturated carbocycles. The van der Waals surface area contributed by atoms with Crippen molar-refractivity contribution >= 4 is 11.9 Å². The predicted octanol–water partition coefficient (Wildman–Crippen LogP) is 0.646. The van der Waals surface area contributed by atoms with E-state index >= 15 is 0 Å². The second-order valence-corrected chi connectivity index (χ2v) is 5.27. The molecule has 2 rings (SSSR count). The van der Waals surface area contributed by atoms with Gasteiger partial charge in [-0.3, -0.25) is 4.79 Å². The Labute approximate surface area is 123 Å². The van der Waals surface area contributed by atoms with Gasteiger partial charge in [-0.15, -0.1) is 0 Å². The molecular formula is C15H20N2O4. The van der Waals surface area contributed by atoms with E-state index in [4.69, 9.17) is 0 Å². The Hall–Kier alpha value is -2.08. The third kappa shape index (κ3) is 4.46. The third-order valence-electron chi connectivity index (χ3n) is 3.62. The molecule has 1 aromatic carbocycles. The van der Waals surface area contributed by atoms with Crippen molar-refractivity contribution in [3.63, 3.8) is 0 Å². The van der Waals surface area contributed by atoms with Crippen LogP contribution in [0.2, 0.25) is 0 Å². The molecule has 1 aromatic rings. The van der Waals surface area contributed by atoms with Gasteiger partial charge >= 0.3 is 5.97 Å². The second kappa shape index (κ2) is 7.08. The highest BCUT2D eigenvalue weighted by Gasteiger charge is 2.26. The summed E-state index contributed by atoms with van der Waals surface area (Å²) in [6.07, 6.45) is 2.94. The average Bonchev–Trinajstić information content (AvgIpc) is 2.49. The van der Waals surface area contributed by atoms with Gasteiger partial charge in [0.2, 0.25) is 5.91 Å². The average molecular weight is 292 g/mol. The van der Waals surface area contributed by atoms with E-state index in [-0.39, 0.29) is 24.1 Å². The molecule has 0 aliphatic carbocycles. The van der Waals surface area contributed by atoms with Crippen molar-refractivity contribution in [3.05, 3.63) is 29.8 Å². The molecule has 2 atom stereocenters. The molecule has 0 radical (unpaired) electrons. The number of carboxylic acid groups (broad SMARTS) is 1. The quantitative estimate of drug-likeness (QED) is 0.638. The van der Waals surface area contributed by atoms with Gasteiger partial charge in [0.05, 0.1) is 6.04 Å². The molecule has 1 amide bonds. The van der Waals surface area contributed by atoms with Gasteiger partial charge in [-0.1, -0.05) is 18.6 Å². The lowest BCUT2D eigenvalue weighted by Crippen LogP contribution is -2.52. The number of carbonyl (C=O) groups is 2. The Bertz CT molecular complexity index is 495. The number of nitrogens with one attached hydrogen (secondary N) is 2. The number of hydrogen-bond acceptors (Lipinski definition) is 4. The number of carboxylic acids is 1. The number of benzene rings is 1. The smallest absolute Gasteiger partial charge is 0.326 e. The zero-order valence-electron chi connectivity index (χ0n) is 11.7. The maximum absolute atomic E-state index is 12.1. The van der Waals surface area contributed by atoms with Gasteiger partial charge in [0.25, 0.3) is 0 Å². The van der Waals surface area contributed by atoms with Gasteiger partial charge in [-0.2, -0.15) is 0 Å². The van der Waals surface area contributed by atoms with E-state index in [1.54, 1.807) is 12.1 Å². The Morgan fingerprint density at radius 2 is 2.00 bits per heavy atom. The van der Waals surface area contributed by atoms with E-state index in [1.807, 2.05) is 0 Å². The summed E-state index contributed by atoms with van der Waals surface area (Å²) in [4.78, 5) is 23.4. The Kier molecular flexibility index (Phi) is 5.16. The third-order valence-corrected chi connectivity index (χ3v) is 3.62. The number of aliphatic carboxylic acids is 1. The molecule has 0 spiro atoms. The highest BCUT2D eigenvalue weighted by atomic mass is 16.4. The minimum absolute atomic E-state index is 0.126. The summed E-state index contributed by atoms with van der Waals surface area (Å²) in [6.45, 7) is 0.786. The summed E-state index contributed by atoms with van der Waals surface area (Å²) in [5, 5.41) is 24.2. The summed E-state index contributed by atoms with van der Waals surface area (Å²) >= 11 is 0. The molecule has 1 fully saturated rings. The SMILES string of the molecule is O=C(N[C@H](Cc1ccc(O)cc1)C(=O)O)C1CCCCN1. The van der Waals surface area contributed by atoms with Crippen molar-refractivity contribution < 1.29 is 19.8 Å². The first-order chi connectivity index (χ1) is 10.1. The number of hydrogen-bond donors (Lipinski definition) is 4. The van der Waals surface area contributed by atoms with E-state index in [0.717, 1.165) is 31.4 Å². The molecule has 1 saturated heterocycles. The van der Waals surface area contributed by atoms with E-state index < -0.39 is 12.0 Å².